The second kappa shape index (κ2) is 5.99. The summed E-state index contributed by atoms with van der Waals surface area (Å²) in [7, 11) is 0. The molecule has 0 amide bonds. The lowest BCUT2D eigenvalue weighted by Gasteiger charge is -2.24. The maximum absolute atomic E-state index is 4.78. The quantitative estimate of drug-likeness (QED) is 0.737. The van der Waals surface area contributed by atoms with Gasteiger partial charge in [0.2, 0.25) is 5.95 Å². The summed E-state index contributed by atoms with van der Waals surface area (Å²) in [6.45, 7) is 4.94. The Morgan fingerprint density at radius 2 is 1.88 bits per heavy atom. The number of rotatable bonds is 3. The van der Waals surface area contributed by atoms with Crippen LogP contribution in [0.5, 0.6) is 0 Å². The molecule has 7 nitrogen and oxygen atoms in total. The number of nitrogens with zero attached hydrogens (tertiary/aromatic N) is 7. The normalized spacial score (nSPS) is 17.4. The first kappa shape index (κ1) is 14.7. The lowest BCUT2D eigenvalue weighted by Crippen LogP contribution is -2.26. The molecule has 0 aromatic carbocycles. The highest BCUT2D eigenvalue weighted by molar-refractivity contribution is 5.38. The van der Waals surface area contributed by atoms with E-state index in [4.69, 9.17) is 4.98 Å². The number of aryl methyl sites for hydroxylation is 2. The minimum Gasteiger partial charge on any atom is -0.332 e. The molecule has 3 aromatic heterocycles. The highest BCUT2D eigenvalue weighted by atomic mass is 15.3. The molecule has 1 saturated heterocycles. The minimum atomic E-state index is 0.155. The van der Waals surface area contributed by atoms with E-state index < -0.39 is 0 Å². The van der Waals surface area contributed by atoms with E-state index in [1.807, 2.05) is 36.9 Å². The van der Waals surface area contributed by atoms with Gasteiger partial charge in [0.15, 0.2) is 5.82 Å². The van der Waals surface area contributed by atoms with Crippen molar-refractivity contribution in [3.05, 3.63) is 54.3 Å². The van der Waals surface area contributed by atoms with Crippen LogP contribution in [0.3, 0.4) is 0 Å². The van der Waals surface area contributed by atoms with Crippen molar-refractivity contribution in [3.63, 3.8) is 0 Å². The number of hydrogen-bond donors (Lipinski definition) is 0. The van der Waals surface area contributed by atoms with Crippen LogP contribution in [-0.4, -0.2) is 36.0 Å². The topological polar surface area (TPSA) is 72.6 Å². The zero-order chi connectivity index (χ0) is 16.5. The fourth-order valence-electron chi connectivity index (χ4n) is 3.20. The molecule has 1 aliphatic rings. The van der Waals surface area contributed by atoms with Gasteiger partial charge in [0.25, 0.3) is 0 Å². The largest absolute Gasteiger partial charge is 0.332 e. The Labute approximate surface area is 140 Å². The predicted octanol–water partition coefficient (Wildman–Crippen LogP) is 2.41. The molecule has 0 N–H and O–H groups in total. The molecule has 1 aliphatic heterocycles. The maximum Gasteiger partial charge on any atom is 0.226 e. The van der Waals surface area contributed by atoms with Crippen molar-refractivity contribution >= 4 is 5.95 Å². The third-order valence-corrected chi connectivity index (χ3v) is 4.23. The summed E-state index contributed by atoms with van der Waals surface area (Å²) in [6.07, 6.45) is 11.0. The maximum atomic E-state index is 4.78. The van der Waals surface area contributed by atoms with Crippen LogP contribution < -0.4 is 4.90 Å². The molecule has 4 heterocycles. The molecule has 122 valence electrons. The molecule has 7 heteroatoms. The van der Waals surface area contributed by atoms with Crippen molar-refractivity contribution in [1.29, 1.82) is 0 Å². The van der Waals surface area contributed by atoms with E-state index in [9.17, 15) is 0 Å². The number of imidazole rings is 1. The summed E-state index contributed by atoms with van der Waals surface area (Å²) < 4.78 is 1.86. The summed E-state index contributed by atoms with van der Waals surface area (Å²) in [4.78, 5) is 24.7. The van der Waals surface area contributed by atoms with E-state index in [0.29, 0.717) is 0 Å². The highest BCUT2D eigenvalue weighted by Crippen LogP contribution is 2.33. The van der Waals surface area contributed by atoms with Crippen LogP contribution in [0, 0.1) is 13.8 Å². The first-order chi connectivity index (χ1) is 11.7. The van der Waals surface area contributed by atoms with Crippen LogP contribution in [0.1, 0.15) is 36.0 Å². The van der Waals surface area contributed by atoms with Crippen LogP contribution in [0.25, 0.3) is 5.82 Å². The van der Waals surface area contributed by atoms with Gasteiger partial charge in [-0.2, -0.15) is 0 Å². The van der Waals surface area contributed by atoms with E-state index >= 15 is 0 Å². The Morgan fingerprint density at radius 1 is 1.04 bits per heavy atom. The number of anilines is 1. The molecule has 4 rings (SSSR count). The van der Waals surface area contributed by atoms with Crippen molar-refractivity contribution in [2.45, 2.75) is 32.7 Å². The van der Waals surface area contributed by atoms with Gasteiger partial charge in [-0.25, -0.2) is 19.9 Å². The number of hydrogen-bond acceptors (Lipinski definition) is 6. The predicted molar refractivity (Wildman–Crippen MR) is 90.0 cm³/mol. The van der Waals surface area contributed by atoms with Gasteiger partial charge < -0.3 is 4.90 Å². The van der Waals surface area contributed by atoms with Gasteiger partial charge in [-0.15, -0.1) is 0 Å². The molecule has 24 heavy (non-hydrogen) atoms. The van der Waals surface area contributed by atoms with Crippen LogP contribution in [-0.2, 0) is 0 Å². The van der Waals surface area contributed by atoms with Gasteiger partial charge in [-0.05, 0) is 32.8 Å². The van der Waals surface area contributed by atoms with E-state index in [0.717, 1.165) is 48.2 Å². The van der Waals surface area contributed by atoms with Gasteiger partial charge in [0, 0.05) is 30.3 Å². The summed E-state index contributed by atoms with van der Waals surface area (Å²) in [5.74, 6) is 1.56. The van der Waals surface area contributed by atoms with Crippen LogP contribution in [0.15, 0.2) is 37.2 Å². The SMILES string of the molecule is Cc1cc(C)nc(N2CCC[C@H]2c2cncc(-n3ccnc3)n2)n1. The zero-order valence-corrected chi connectivity index (χ0v) is 13.8. The lowest BCUT2D eigenvalue weighted by molar-refractivity contribution is 0.669. The van der Waals surface area contributed by atoms with Gasteiger partial charge >= 0.3 is 0 Å². The van der Waals surface area contributed by atoms with Crippen molar-refractivity contribution in [2.24, 2.45) is 0 Å². The Bertz CT molecular complexity index is 824. The molecule has 1 fully saturated rings. The lowest BCUT2D eigenvalue weighted by atomic mass is 10.1. The molecule has 0 bridgehead atoms. The standard InChI is InChI=1S/C17H19N7/c1-12-8-13(2)21-17(20-12)24-6-3-4-15(24)14-9-19-10-16(22-14)23-7-5-18-11-23/h5,7-11,15H,3-4,6H2,1-2H3/t15-/m0/s1. The Hall–Kier alpha value is -2.83. The summed E-state index contributed by atoms with van der Waals surface area (Å²) in [5.41, 5.74) is 2.92. The van der Waals surface area contributed by atoms with Crippen molar-refractivity contribution in [1.82, 2.24) is 29.5 Å². The fourth-order valence-corrected chi connectivity index (χ4v) is 3.20. The molecular formula is C17H19N7. The monoisotopic (exact) mass is 321 g/mol. The smallest absolute Gasteiger partial charge is 0.226 e. The van der Waals surface area contributed by atoms with Gasteiger partial charge in [-0.3, -0.25) is 9.55 Å². The van der Waals surface area contributed by atoms with Crippen molar-refractivity contribution < 1.29 is 0 Å². The van der Waals surface area contributed by atoms with E-state index in [-0.39, 0.29) is 6.04 Å². The van der Waals surface area contributed by atoms with E-state index in [2.05, 4.69) is 24.8 Å². The number of aromatic nitrogens is 6. The summed E-state index contributed by atoms with van der Waals surface area (Å²) >= 11 is 0. The highest BCUT2D eigenvalue weighted by Gasteiger charge is 2.29. The fraction of sp³-hybridized carbons (Fsp3) is 0.353. The Kier molecular flexibility index (Phi) is 3.68. The molecule has 0 radical (unpaired) electrons. The molecule has 0 aliphatic carbocycles. The summed E-state index contributed by atoms with van der Waals surface area (Å²) in [5, 5.41) is 0. The molecule has 0 spiro atoms. The van der Waals surface area contributed by atoms with Gasteiger partial charge in [0.05, 0.1) is 24.1 Å². The third kappa shape index (κ3) is 2.73. The average molecular weight is 321 g/mol. The first-order valence-electron chi connectivity index (χ1n) is 8.10. The Balaban J connectivity index is 1.69. The average Bonchev–Trinajstić information content (AvgIpc) is 3.26. The van der Waals surface area contributed by atoms with Gasteiger partial charge in [-0.1, -0.05) is 0 Å². The second-order valence-corrected chi connectivity index (χ2v) is 6.07. The van der Waals surface area contributed by atoms with Crippen LogP contribution >= 0.6 is 0 Å². The van der Waals surface area contributed by atoms with Crippen LogP contribution in [0.2, 0.25) is 0 Å². The first-order valence-corrected chi connectivity index (χ1v) is 8.10. The molecule has 3 aromatic rings. The van der Waals surface area contributed by atoms with Crippen molar-refractivity contribution in [2.75, 3.05) is 11.4 Å². The van der Waals surface area contributed by atoms with Crippen LogP contribution in [0.4, 0.5) is 5.95 Å². The third-order valence-electron chi connectivity index (χ3n) is 4.23. The Morgan fingerprint density at radius 3 is 2.62 bits per heavy atom. The molecule has 1 atom stereocenters. The summed E-state index contributed by atoms with van der Waals surface area (Å²) in [6, 6.07) is 2.15. The second-order valence-electron chi connectivity index (χ2n) is 6.07. The molecular weight excluding hydrogens is 302 g/mol. The van der Waals surface area contributed by atoms with Crippen molar-refractivity contribution in [3.8, 4) is 5.82 Å². The van der Waals surface area contributed by atoms with Gasteiger partial charge in [0.1, 0.15) is 6.33 Å². The minimum absolute atomic E-state index is 0.155. The van der Waals surface area contributed by atoms with E-state index in [1.165, 1.54) is 0 Å². The zero-order valence-electron chi connectivity index (χ0n) is 13.8. The van der Waals surface area contributed by atoms with E-state index in [1.54, 1.807) is 18.7 Å². The molecule has 0 saturated carbocycles. The molecule has 0 unspecified atom stereocenters.